The topological polar surface area (TPSA) is 56.8 Å². The first-order chi connectivity index (χ1) is 12.3. The second kappa shape index (κ2) is 8.32. The van der Waals surface area contributed by atoms with E-state index in [4.69, 9.17) is 25.8 Å². The third-order valence-corrected chi connectivity index (χ3v) is 4.24. The van der Waals surface area contributed by atoms with Gasteiger partial charge in [0, 0.05) is 10.6 Å². The van der Waals surface area contributed by atoms with Crippen LogP contribution in [0.5, 0.6) is 17.2 Å². The van der Waals surface area contributed by atoms with Gasteiger partial charge in [-0.1, -0.05) is 11.6 Å². The number of carbonyl (C=O) groups is 1. The Balaban J connectivity index is 2.13. The molecule has 1 atom stereocenters. The molecular formula is C20H24ClNO4. The number of hydrogen-bond acceptors (Lipinski definition) is 4. The first kappa shape index (κ1) is 19.9. The van der Waals surface area contributed by atoms with Gasteiger partial charge in [0.1, 0.15) is 17.2 Å². The fraction of sp³-hybridized carbons (Fsp3) is 0.350. The van der Waals surface area contributed by atoms with Crippen molar-refractivity contribution in [3.63, 3.8) is 0 Å². The molecule has 2 aromatic carbocycles. The minimum absolute atomic E-state index is 0.246. The van der Waals surface area contributed by atoms with Crippen LogP contribution in [0.3, 0.4) is 0 Å². The van der Waals surface area contributed by atoms with E-state index in [2.05, 4.69) is 5.32 Å². The predicted molar refractivity (Wildman–Crippen MR) is 102 cm³/mol. The summed E-state index contributed by atoms with van der Waals surface area (Å²) in [5, 5.41) is 3.58. The Bertz CT molecular complexity index is 759. The van der Waals surface area contributed by atoms with Crippen molar-refractivity contribution in [1.29, 1.82) is 0 Å². The lowest BCUT2D eigenvalue weighted by Gasteiger charge is -2.28. The molecule has 0 aliphatic rings. The summed E-state index contributed by atoms with van der Waals surface area (Å²) in [6.07, 6.45) is 0. The molecule has 5 nitrogen and oxygen atoms in total. The highest BCUT2D eigenvalue weighted by molar-refractivity contribution is 6.30. The zero-order chi connectivity index (χ0) is 19.3. The van der Waals surface area contributed by atoms with Crippen molar-refractivity contribution in [3.8, 4) is 17.2 Å². The lowest BCUT2D eigenvalue weighted by Crippen LogP contribution is -2.47. The van der Waals surface area contributed by atoms with E-state index in [0.29, 0.717) is 22.3 Å². The lowest BCUT2D eigenvalue weighted by atomic mass is 10.0. The highest BCUT2D eigenvalue weighted by atomic mass is 35.5. The van der Waals surface area contributed by atoms with E-state index in [0.717, 1.165) is 5.56 Å². The molecule has 1 amide bonds. The summed E-state index contributed by atoms with van der Waals surface area (Å²) in [4.78, 5) is 12.7. The van der Waals surface area contributed by atoms with Crippen LogP contribution in [0.2, 0.25) is 5.02 Å². The minimum Gasteiger partial charge on any atom is -0.497 e. The average Bonchev–Trinajstić information content (AvgIpc) is 2.62. The Kier molecular flexibility index (Phi) is 6.37. The van der Waals surface area contributed by atoms with Crippen molar-refractivity contribution in [2.45, 2.75) is 32.4 Å². The number of ether oxygens (including phenoxy) is 3. The second-order valence-corrected chi connectivity index (χ2v) is 6.81. The summed E-state index contributed by atoms with van der Waals surface area (Å²) >= 11 is 5.88. The van der Waals surface area contributed by atoms with Crippen LogP contribution in [0.4, 0.5) is 0 Å². The molecule has 1 N–H and O–H groups in total. The van der Waals surface area contributed by atoms with Crippen molar-refractivity contribution in [2.75, 3.05) is 14.2 Å². The molecule has 0 aliphatic heterocycles. The fourth-order valence-corrected chi connectivity index (χ4v) is 2.60. The van der Waals surface area contributed by atoms with Crippen LogP contribution in [0.1, 0.15) is 32.4 Å². The third-order valence-electron chi connectivity index (χ3n) is 3.98. The van der Waals surface area contributed by atoms with Crippen molar-refractivity contribution < 1.29 is 19.0 Å². The van der Waals surface area contributed by atoms with Gasteiger partial charge < -0.3 is 19.5 Å². The number of carbonyl (C=O) groups excluding carboxylic acids is 1. The lowest BCUT2D eigenvalue weighted by molar-refractivity contribution is -0.134. The molecule has 140 valence electrons. The van der Waals surface area contributed by atoms with Crippen molar-refractivity contribution >= 4 is 17.5 Å². The molecular weight excluding hydrogens is 354 g/mol. The van der Waals surface area contributed by atoms with Gasteiger partial charge >= 0.3 is 0 Å². The van der Waals surface area contributed by atoms with E-state index in [1.165, 1.54) is 0 Å². The van der Waals surface area contributed by atoms with Crippen molar-refractivity contribution in [3.05, 3.63) is 53.1 Å². The molecule has 6 heteroatoms. The first-order valence-corrected chi connectivity index (χ1v) is 8.62. The number of rotatable bonds is 7. The van der Waals surface area contributed by atoms with Gasteiger partial charge in [-0.3, -0.25) is 4.79 Å². The molecule has 0 heterocycles. The molecule has 2 aromatic rings. The van der Waals surface area contributed by atoms with Crippen LogP contribution in [-0.2, 0) is 4.79 Å². The molecule has 0 aliphatic carbocycles. The average molecular weight is 378 g/mol. The Hall–Kier alpha value is -2.40. The van der Waals surface area contributed by atoms with E-state index in [-0.39, 0.29) is 11.9 Å². The summed E-state index contributed by atoms with van der Waals surface area (Å²) in [7, 11) is 3.19. The number of hydrogen-bond donors (Lipinski definition) is 1. The number of methoxy groups -OCH3 is 2. The molecule has 2 rings (SSSR count). The van der Waals surface area contributed by atoms with Gasteiger partial charge in [0.25, 0.3) is 5.91 Å². The second-order valence-electron chi connectivity index (χ2n) is 6.37. The van der Waals surface area contributed by atoms with Gasteiger partial charge in [-0.15, -0.1) is 0 Å². The Morgan fingerprint density at radius 2 is 1.65 bits per heavy atom. The number of benzene rings is 2. The smallest absolute Gasteiger partial charge is 0.264 e. The molecule has 0 unspecified atom stereocenters. The maximum absolute atomic E-state index is 12.7. The van der Waals surface area contributed by atoms with Gasteiger partial charge in [0.05, 0.1) is 20.3 Å². The van der Waals surface area contributed by atoms with Crippen LogP contribution in [0, 0.1) is 0 Å². The first-order valence-electron chi connectivity index (χ1n) is 8.24. The molecule has 0 saturated carbocycles. The maximum atomic E-state index is 12.7. The minimum atomic E-state index is -1.06. The monoisotopic (exact) mass is 377 g/mol. The fourth-order valence-electron chi connectivity index (χ4n) is 2.47. The van der Waals surface area contributed by atoms with Gasteiger partial charge in [0.15, 0.2) is 5.60 Å². The van der Waals surface area contributed by atoms with Crippen molar-refractivity contribution in [1.82, 2.24) is 5.32 Å². The van der Waals surface area contributed by atoms with Gasteiger partial charge in [-0.2, -0.15) is 0 Å². The highest BCUT2D eigenvalue weighted by Crippen LogP contribution is 2.30. The zero-order valence-electron chi connectivity index (χ0n) is 15.6. The van der Waals surface area contributed by atoms with Crippen LogP contribution < -0.4 is 19.5 Å². The summed E-state index contributed by atoms with van der Waals surface area (Å²) in [5.74, 6) is 1.69. The van der Waals surface area contributed by atoms with Gasteiger partial charge in [0.2, 0.25) is 0 Å². The van der Waals surface area contributed by atoms with E-state index in [9.17, 15) is 4.79 Å². The molecule has 0 bridgehead atoms. The van der Waals surface area contributed by atoms with Crippen LogP contribution in [0.25, 0.3) is 0 Å². The van der Waals surface area contributed by atoms with E-state index in [1.807, 2.05) is 25.1 Å². The van der Waals surface area contributed by atoms with E-state index < -0.39 is 5.60 Å². The molecule has 0 spiro atoms. The quantitative estimate of drug-likeness (QED) is 0.777. The Labute approximate surface area is 159 Å². The molecule has 26 heavy (non-hydrogen) atoms. The number of halogens is 1. The van der Waals surface area contributed by atoms with E-state index in [1.54, 1.807) is 52.3 Å². The third kappa shape index (κ3) is 4.82. The molecule has 0 fully saturated rings. The van der Waals surface area contributed by atoms with Crippen LogP contribution in [-0.4, -0.2) is 25.7 Å². The maximum Gasteiger partial charge on any atom is 0.264 e. The van der Waals surface area contributed by atoms with E-state index >= 15 is 0 Å². The normalized spacial score (nSPS) is 12.2. The highest BCUT2D eigenvalue weighted by Gasteiger charge is 2.31. The summed E-state index contributed by atoms with van der Waals surface area (Å²) in [6, 6.07) is 12.1. The van der Waals surface area contributed by atoms with Crippen LogP contribution >= 0.6 is 11.6 Å². The molecule has 0 aromatic heterocycles. The Morgan fingerprint density at radius 3 is 2.23 bits per heavy atom. The predicted octanol–water partition coefficient (Wildman–Crippen LogP) is 4.39. The molecule has 0 radical (unpaired) electrons. The zero-order valence-corrected chi connectivity index (χ0v) is 16.4. The SMILES string of the molecule is COc1ccc(OC)c([C@@H](C)NC(=O)C(C)(C)Oc2ccc(Cl)cc2)c1. The Morgan fingerprint density at radius 1 is 1.04 bits per heavy atom. The van der Waals surface area contributed by atoms with Gasteiger partial charge in [-0.05, 0) is 63.2 Å². The van der Waals surface area contributed by atoms with Crippen molar-refractivity contribution in [2.24, 2.45) is 0 Å². The van der Waals surface area contributed by atoms with Crippen LogP contribution in [0.15, 0.2) is 42.5 Å². The standard InChI is InChI=1S/C20H24ClNO4/c1-13(17-12-16(24-4)10-11-18(17)25-5)22-19(23)20(2,3)26-15-8-6-14(21)7-9-15/h6-13H,1-5H3,(H,22,23)/t13-/m1/s1. The molecule has 0 saturated heterocycles. The number of amides is 1. The summed E-state index contributed by atoms with van der Waals surface area (Å²) < 4.78 is 16.5. The van der Waals surface area contributed by atoms with Gasteiger partial charge in [-0.25, -0.2) is 0 Å². The summed E-state index contributed by atoms with van der Waals surface area (Å²) in [5.41, 5.74) is -0.240. The summed E-state index contributed by atoms with van der Waals surface area (Å²) in [6.45, 7) is 5.31. The number of nitrogens with one attached hydrogen (secondary N) is 1. The largest absolute Gasteiger partial charge is 0.497 e.